The van der Waals surface area contributed by atoms with Crippen LogP contribution in [0.15, 0.2) is 24.3 Å². The van der Waals surface area contributed by atoms with Gasteiger partial charge in [-0.2, -0.15) is 0 Å². The summed E-state index contributed by atoms with van der Waals surface area (Å²) in [6.45, 7) is 5.42. The van der Waals surface area contributed by atoms with E-state index in [0.29, 0.717) is 24.7 Å². The highest BCUT2D eigenvalue weighted by Crippen LogP contribution is 2.28. The maximum Gasteiger partial charge on any atom is 0.330 e. The van der Waals surface area contributed by atoms with Crippen molar-refractivity contribution in [2.24, 2.45) is 0 Å². The molecule has 0 spiro atoms. The lowest BCUT2D eigenvalue weighted by atomic mass is 10.2. The van der Waals surface area contributed by atoms with Gasteiger partial charge in [0.2, 0.25) is 0 Å². The second-order valence-corrected chi connectivity index (χ2v) is 5.67. The lowest BCUT2D eigenvalue weighted by Crippen LogP contribution is -2.02. The minimum atomic E-state index is -0.313. The highest BCUT2D eigenvalue weighted by molar-refractivity contribution is 5.87. The summed E-state index contributed by atoms with van der Waals surface area (Å²) >= 11 is 0. The Morgan fingerprint density at radius 3 is 2.38 bits per heavy atom. The van der Waals surface area contributed by atoms with E-state index in [9.17, 15) is 4.79 Å². The molecule has 0 aliphatic carbocycles. The number of hydrogen-bond donors (Lipinski definition) is 0. The maximum atomic E-state index is 11.7. The third-order valence-corrected chi connectivity index (χ3v) is 3.60. The first-order valence-corrected chi connectivity index (χ1v) is 8.87. The van der Waals surface area contributed by atoms with Crippen molar-refractivity contribution in [3.05, 3.63) is 29.8 Å². The third-order valence-electron chi connectivity index (χ3n) is 3.60. The van der Waals surface area contributed by atoms with Gasteiger partial charge in [-0.25, -0.2) is 4.79 Å². The van der Waals surface area contributed by atoms with E-state index in [4.69, 9.17) is 14.2 Å². The van der Waals surface area contributed by atoms with Crippen molar-refractivity contribution in [2.45, 2.75) is 52.4 Å². The molecule has 0 atom stereocenters. The highest BCUT2D eigenvalue weighted by Gasteiger charge is 2.05. The summed E-state index contributed by atoms with van der Waals surface area (Å²) in [5.41, 5.74) is 0.881. The fraction of sp³-hybridized carbons (Fsp3) is 0.550. The Kier molecular flexibility index (Phi) is 10.4. The number of methoxy groups -OCH3 is 1. The number of unbranched alkanes of at least 4 members (excludes halogenated alkanes) is 4. The van der Waals surface area contributed by atoms with Crippen LogP contribution in [0.1, 0.15) is 57.9 Å². The molecule has 1 rings (SSSR count). The van der Waals surface area contributed by atoms with Crippen LogP contribution in [-0.2, 0) is 9.53 Å². The van der Waals surface area contributed by atoms with Gasteiger partial charge < -0.3 is 14.2 Å². The van der Waals surface area contributed by atoms with Gasteiger partial charge in [-0.3, -0.25) is 0 Å². The summed E-state index contributed by atoms with van der Waals surface area (Å²) in [5, 5.41) is 0. The molecule has 0 aliphatic heterocycles. The van der Waals surface area contributed by atoms with Gasteiger partial charge in [0.1, 0.15) is 0 Å². The molecule has 1 aromatic rings. The molecule has 134 valence electrons. The van der Waals surface area contributed by atoms with E-state index in [1.807, 2.05) is 18.2 Å². The van der Waals surface area contributed by atoms with Gasteiger partial charge in [-0.05, 0) is 36.6 Å². The summed E-state index contributed by atoms with van der Waals surface area (Å²) in [5.74, 6) is 1.09. The van der Waals surface area contributed by atoms with E-state index < -0.39 is 0 Å². The van der Waals surface area contributed by atoms with Gasteiger partial charge >= 0.3 is 5.97 Å². The van der Waals surface area contributed by atoms with Crippen LogP contribution in [0, 0.1) is 0 Å². The molecule has 4 heteroatoms. The van der Waals surface area contributed by atoms with Crippen LogP contribution in [0.2, 0.25) is 0 Å². The van der Waals surface area contributed by atoms with Crippen LogP contribution in [0.4, 0.5) is 0 Å². The van der Waals surface area contributed by atoms with Gasteiger partial charge in [0.25, 0.3) is 0 Å². The van der Waals surface area contributed by atoms with Crippen LogP contribution >= 0.6 is 0 Å². The van der Waals surface area contributed by atoms with Gasteiger partial charge in [0, 0.05) is 6.08 Å². The summed E-state index contributed by atoms with van der Waals surface area (Å²) in [6, 6.07) is 5.62. The molecule has 0 fully saturated rings. The average molecular weight is 334 g/mol. The first kappa shape index (κ1) is 20.1. The number of carbonyl (C=O) groups excluding carboxylic acids is 1. The second kappa shape index (κ2) is 12.5. The van der Waals surface area contributed by atoms with Crippen LogP contribution in [-0.4, -0.2) is 26.3 Å². The Bertz CT molecular complexity index is 508. The first-order chi connectivity index (χ1) is 11.7. The minimum Gasteiger partial charge on any atom is -0.493 e. The number of carbonyl (C=O) groups is 1. The van der Waals surface area contributed by atoms with Crippen molar-refractivity contribution in [3.8, 4) is 11.5 Å². The average Bonchev–Trinajstić information content (AvgIpc) is 2.60. The Labute approximate surface area is 145 Å². The standard InChI is InChI=1S/C20H30O4/c1-4-6-8-14-23-19-16-17(10-12-18(19)22-3)11-13-20(21)24-15-9-7-5-2/h10-13,16H,4-9,14-15H2,1-3H3. The van der Waals surface area contributed by atoms with Gasteiger partial charge in [0.15, 0.2) is 11.5 Å². The zero-order valence-electron chi connectivity index (χ0n) is 15.2. The van der Waals surface area contributed by atoms with E-state index >= 15 is 0 Å². The van der Waals surface area contributed by atoms with Gasteiger partial charge in [0.05, 0.1) is 20.3 Å². The van der Waals surface area contributed by atoms with E-state index in [2.05, 4.69) is 13.8 Å². The van der Waals surface area contributed by atoms with E-state index in [0.717, 1.165) is 44.1 Å². The fourth-order valence-corrected chi connectivity index (χ4v) is 2.18. The number of esters is 1. The molecule has 0 aromatic heterocycles. The monoisotopic (exact) mass is 334 g/mol. The molecule has 0 radical (unpaired) electrons. The van der Waals surface area contributed by atoms with Crippen LogP contribution < -0.4 is 9.47 Å². The van der Waals surface area contributed by atoms with Gasteiger partial charge in [-0.15, -0.1) is 0 Å². The van der Waals surface area contributed by atoms with Crippen LogP contribution in [0.5, 0.6) is 11.5 Å². The second-order valence-electron chi connectivity index (χ2n) is 5.67. The summed E-state index contributed by atoms with van der Waals surface area (Å²) in [6.07, 6.45) is 9.61. The number of hydrogen-bond acceptors (Lipinski definition) is 4. The lowest BCUT2D eigenvalue weighted by Gasteiger charge is -2.11. The number of rotatable bonds is 12. The quantitative estimate of drug-likeness (QED) is 0.306. The lowest BCUT2D eigenvalue weighted by molar-refractivity contribution is -0.137. The van der Waals surface area contributed by atoms with E-state index in [1.54, 1.807) is 13.2 Å². The van der Waals surface area contributed by atoms with Crippen molar-refractivity contribution < 1.29 is 19.0 Å². The summed E-state index contributed by atoms with van der Waals surface area (Å²) in [7, 11) is 1.62. The molecule has 1 aromatic carbocycles. The van der Waals surface area contributed by atoms with Crippen molar-refractivity contribution in [1.82, 2.24) is 0 Å². The Balaban J connectivity index is 2.57. The molecule has 0 saturated carbocycles. The fourth-order valence-electron chi connectivity index (χ4n) is 2.18. The molecule has 0 saturated heterocycles. The van der Waals surface area contributed by atoms with Gasteiger partial charge in [-0.1, -0.05) is 45.6 Å². The SMILES string of the molecule is CCCCCOC(=O)C=Cc1ccc(OC)c(OCCCCC)c1. The zero-order chi connectivity index (χ0) is 17.6. The smallest absolute Gasteiger partial charge is 0.330 e. The molecule has 0 unspecified atom stereocenters. The van der Waals surface area contributed by atoms with Crippen molar-refractivity contribution in [1.29, 1.82) is 0 Å². The molecule has 0 bridgehead atoms. The molecule has 0 N–H and O–H groups in total. The molecule has 24 heavy (non-hydrogen) atoms. The zero-order valence-corrected chi connectivity index (χ0v) is 15.2. The first-order valence-electron chi connectivity index (χ1n) is 8.87. The van der Waals surface area contributed by atoms with Crippen molar-refractivity contribution >= 4 is 12.0 Å². The Hall–Kier alpha value is -1.97. The van der Waals surface area contributed by atoms with Crippen molar-refractivity contribution in [2.75, 3.05) is 20.3 Å². The predicted octanol–water partition coefficient (Wildman–Crippen LogP) is 5.01. The predicted molar refractivity (Wildman–Crippen MR) is 97.5 cm³/mol. The number of benzene rings is 1. The summed E-state index contributed by atoms with van der Waals surface area (Å²) in [4.78, 5) is 11.7. The van der Waals surface area contributed by atoms with Crippen molar-refractivity contribution in [3.63, 3.8) is 0 Å². The molecule has 0 heterocycles. The highest BCUT2D eigenvalue weighted by atomic mass is 16.5. The Morgan fingerprint density at radius 1 is 1.00 bits per heavy atom. The normalized spacial score (nSPS) is 10.8. The maximum absolute atomic E-state index is 11.7. The summed E-state index contributed by atoms with van der Waals surface area (Å²) < 4.78 is 16.3. The molecule has 0 aliphatic rings. The van der Waals surface area contributed by atoms with E-state index in [1.165, 1.54) is 6.08 Å². The third kappa shape index (κ3) is 8.04. The Morgan fingerprint density at radius 2 is 1.71 bits per heavy atom. The molecular weight excluding hydrogens is 304 g/mol. The van der Waals surface area contributed by atoms with E-state index in [-0.39, 0.29) is 5.97 Å². The number of ether oxygens (including phenoxy) is 3. The molecule has 4 nitrogen and oxygen atoms in total. The topological polar surface area (TPSA) is 44.8 Å². The molecule has 0 amide bonds. The minimum absolute atomic E-state index is 0.313. The largest absolute Gasteiger partial charge is 0.493 e. The molecular formula is C20H30O4. The van der Waals surface area contributed by atoms with Crippen LogP contribution in [0.3, 0.4) is 0 Å². The van der Waals surface area contributed by atoms with Crippen LogP contribution in [0.25, 0.3) is 6.08 Å².